The lowest BCUT2D eigenvalue weighted by atomic mass is 9.73. The number of halogens is 1. The number of hydrogen-bond donors (Lipinski definition) is 0. The van der Waals surface area contributed by atoms with Crippen LogP contribution in [0.2, 0.25) is 0 Å². The van der Waals surface area contributed by atoms with Gasteiger partial charge < -0.3 is 4.74 Å². The molecule has 16 heavy (non-hydrogen) atoms. The maximum atomic E-state index is 12.0. The molecule has 1 fully saturated rings. The van der Waals surface area contributed by atoms with E-state index in [1.165, 1.54) is 0 Å². The summed E-state index contributed by atoms with van der Waals surface area (Å²) in [5, 5.41) is 0. The highest BCUT2D eigenvalue weighted by Crippen LogP contribution is 2.37. The SMILES string of the molecule is CCOC(=O)C1(C(=O)OF)CCC(=O)CC1. The second-order valence-corrected chi connectivity index (χ2v) is 3.71. The summed E-state index contributed by atoms with van der Waals surface area (Å²) in [6.07, 6.45) is 0.0304. The zero-order valence-electron chi connectivity index (χ0n) is 8.95. The van der Waals surface area contributed by atoms with Gasteiger partial charge in [-0.2, -0.15) is 0 Å². The van der Waals surface area contributed by atoms with Gasteiger partial charge in [-0.3, -0.25) is 14.5 Å². The predicted molar refractivity (Wildman–Crippen MR) is 49.7 cm³/mol. The average Bonchev–Trinajstić information content (AvgIpc) is 2.29. The molecule has 0 spiro atoms. The Hall–Kier alpha value is -1.46. The van der Waals surface area contributed by atoms with Crippen molar-refractivity contribution >= 4 is 17.7 Å². The van der Waals surface area contributed by atoms with E-state index in [2.05, 4.69) is 4.94 Å². The molecule has 5 nitrogen and oxygen atoms in total. The Morgan fingerprint density at radius 1 is 1.31 bits per heavy atom. The largest absolute Gasteiger partial charge is 0.465 e. The Morgan fingerprint density at radius 3 is 2.31 bits per heavy atom. The minimum Gasteiger partial charge on any atom is -0.465 e. The van der Waals surface area contributed by atoms with Crippen LogP contribution in [0.3, 0.4) is 0 Å². The van der Waals surface area contributed by atoms with Gasteiger partial charge in [0.2, 0.25) is 0 Å². The number of Topliss-reactive ketones (excluding diaryl/α,β-unsaturated/α-hetero) is 1. The molecule has 1 aliphatic rings. The third-order valence-corrected chi connectivity index (χ3v) is 2.79. The molecule has 0 N–H and O–H groups in total. The van der Waals surface area contributed by atoms with Crippen molar-refractivity contribution in [3.05, 3.63) is 0 Å². The van der Waals surface area contributed by atoms with Gasteiger partial charge in [0.25, 0.3) is 0 Å². The molecule has 0 aromatic carbocycles. The number of ether oxygens (including phenoxy) is 1. The van der Waals surface area contributed by atoms with E-state index >= 15 is 0 Å². The Balaban J connectivity index is 2.89. The van der Waals surface area contributed by atoms with Crippen LogP contribution < -0.4 is 0 Å². The van der Waals surface area contributed by atoms with Crippen molar-refractivity contribution in [1.29, 1.82) is 0 Å². The van der Waals surface area contributed by atoms with Gasteiger partial charge in [0.05, 0.1) is 6.61 Å². The summed E-state index contributed by atoms with van der Waals surface area (Å²) < 4.78 is 16.7. The summed E-state index contributed by atoms with van der Waals surface area (Å²) in [5.74, 6) is -2.13. The first-order valence-corrected chi connectivity index (χ1v) is 5.08. The number of carbonyl (C=O) groups is 3. The lowest BCUT2D eigenvalue weighted by Crippen LogP contribution is -2.44. The zero-order chi connectivity index (χ0) is 12.2. The average molecular weight is 232 g/mol. The third kappa shape index (κ3) is 2.20. The monoisotopic (exact) mass is 232 g/mol. The van der Waals surface area contributed by atoms with Gasteiger partial charge in [-0.05, 0) is 19.8 Å². The van der Waals surface area contributed by atoms with E-state index in [0.717, 1.165) is 0 Å². The Morgan fingerprint density at radius 2 is 1.88 bits per heavy atom. The van der Waals surface area contributed by atoms with E-state index in [1.54, 1.807) is 6.92 Å². The van der Waals surface area contributed by atoms with Crippen LogP contribution in [0.5, 0.6) is 0 Å². The molecule has 1 aliphatic carbocycles. The number of carbonyl (C=O) groups excluding carboxylic acids is 3. The van der Waals surface area contributed by atoms with E-state index in [4.69, 9.17) is 4.74 Å². The molecule has 0 atom stereocenters. The van der Waals surface area contributed by atoms with Crippen LogP contribution in [0.25, 0.3) is 0 Å². The summed E-state index contributed by atoms with van der Waals surface area (Å²) in [6, 6.07) is 0. The molecular weight excluding hydrogens is 219 g/mol. The molecule has 6 heteroatoms. The molecule has 0 bridgehead atoms. The van der Waals surface area contributed by atoms with Gasteiger partial charge in [-0.15, -0.1) is 0 Å². The lowest BCUT2D eigenvalue weighted by molar-refractivity contribution is -0.204. The molecule has 0 radical (unpaired) electrons. The maximum Gasteiger partial charge on any atom is 0.366 e. The number of rotatable bonds is 3. The van der Waals surface area contributed by atoms with Crippen LogP contribution in [0.4, 0.5) is 4.53 Å². The molecule has 0 amide bonds. The summed E-state index contributed by atoms with van der Waals surface area (Å²) in [6.45, 7) is 1.68. The van der Waals surface area contributed by atoms with Crippen LogP contribution in [0.15, 0.2) is 0 Å². The van der Waals surface area contributed by atoms with Gasteiger partial charge in [-0.25, -0.2) is 4.79 Å². The normalized spacial score (nSPS) is 19.0. The van der Waals surface area contributed by atoms with Gasteiger partial charge in [0, 0.05) is 17.4 Å². The van der Waals surface area contributed by atoms with Crippen molar-refractivity contribution in [2.75, 3.05) is 6.61 Å². The standard InChI is InChI=1S/C10H13FO5/c1-2-15-8(13)10(9(14)16-11)5-3-7(12)4-6-10/h2-6H2,1H3. The van der Waals surface area contributed by atoms with E-state index in [-0.39, 0.29) is 38.1 Å². The maximum absolute atomic E-state index is 12.0. The molecule has 1 rings (SSSR count). The topological polar surface area (TPSA) is 69.7 Å². The van der Waals surface area contributed by atoms with E-state index in [9.17, 15) is 18.9 Å². The van der Waals surface area contributed by atoms with Crippen LogP contribution in [-0.4, -0.2) is 24.3 Å². The smallest absolute Gasteiger partial charge is 0.366 e. The molecule has 0 aliphatic heterocycles. The number of hydrogen-bond acceptors (Lipinski definition) is 5. The Labute approximate surface area is 91.8 Å². The first-order valence-electron chi connectivity index (χ1n) is 5.08. The fourth-order valence-electron chi connectivity index (χ4n) is 1.79. The predicted octanol–water partition coefficient (Wildman–Crippen LogP) is 1.11. The van der Waals surface area contributed by atoms with Gasteiger partial charge in [0.1, 0.15) is 5.78 Å². The second kappa shape index (κ2) is 5.05. The molecule has 0 heterocycles. The van der Waals surface area contributed by atoms with Gasteiger partial charge >= 0.3 is 11.9 Å². The van der Waals surface area contributed by atoms with E-state index in [0.29, 0.717) is 0 Å². The number of esters is 1. The summed E-state index contributed by atoms with van der Waals surface area (Å²) in [4.78, 5) is 37.1. The van der Waals surface area contributed by atoms with Crippen LogP contribution in [0, 0.1) is 5.41 Å². The molecular formula is C10H13FO5. The minimum atomic E-state index is -1.64. The van der Waals surface area contributed by atoms with Crippen molar-refractivity contribution in [2.24, 2.45) is 5.41 Å². The highest BCUT2D eigenvalue weighted by Gasteiger charge is 2.51. The van der Waals surface area contributed by atoms with Gasteiger partial charge in [0.15, 0.2) is 5.41 Å². The van der Waals surface area contributed by atoms with Crippen molar-refractivity contribution in [2.45, 2.75) is 32.6 Å². The fourth-order valence-corrected chi connectivity index (χ4v) is 1.79. The van der Waals surface area contributed by atoms with Crippen LogP contribution in [0.1, 0.15) is 32.6 Å². The summed E-state index contributed by atoms with van der Waals surface area (Å²) >= 11 is 0. The number of ketones is 1. The van der Waals surface area contributed by atoms with E-state index in [1.807, 2.05) is 0 Å². The molecule has 0 aromatic heterocycles. The van der Waals surface area contributed by atoms with Crippen molar-refractivity contribution in [3.63, 3.8) is 0 Å². The van der Waals surface area contributed by atoms with Gasteiger partial charge in [-0.1, -0.05) is 0 Å². The zero-order valence-corrected chi connectivity index (χ0v) is 8.95. The first-order chi connectivity index (χ1) is 7.56. The molecule has 0 aromatic rings. The van der Waals surface area contributed by atoms with Crippen molar-refractivity contribution in [1.82, 2.24) is 0 Å². The van der Waals surface area contributed by atoms with E-state index < -0.39 is 17.4 Å². The van der Waals surface area contributed by atoms with Crippen molar-refractivity contribution < 1.29 is 28.6 Å². The van der Waals surface area contributed by atoms with Crippen molar-refractivity contribution in [3.8, 4) is 0 Å². The van der Waals surface area contributed by atoms with Crippen LogP contribution in [-0.2, 0) is 24.1 Å². The first kappa shape index (κ1) is 12.6. The fraction of sp³-hybridized carbons (Fsp3) is 0.700. The summed E-state index contributed by atoms with van der Waals surface area (Å²) in [7, 11) is 0. The Kier molecular flexibility index (Phi) is 3.98. The highest BCUT2D eigenvalue weighted by atomic mass is 19.3. The minimum absolute atomic E-state index is 0.0482. The lowest BCUT2D eigenvalue weighted by Gasteiger charge is -2.29. The second-order valence-electron chi connectivity index (χ2n) is 3.71. The summed E-state index contributed by atoms with van der Waals surface area (Å²) in [5.41, 5.74) is -1.64. The highest BCUT2D eigenvalue weighted by molar-refractivity contribution is 6.01. The molecule has 90 valence electrons. The molecule has 0 unspecified atom stereocenters. The molecule has 1 saturated carbocycles. The quantitative estimate of drug-likeness (QED) is 0.538. The van der Waals surface area contributed by atoms with Crippen LogP contribution >= 0.6 is 0 Å². The Bertz CT molecular complexity index is 302. The molecule has 0 saturated heterocycles. The third-order valence-electron chi connectivity index (χ3n) is 2.79.